The molecule has 0 unspecified atom stereocenters. The molecule has 1 fully saturated rings. The van der Waals surface area contributed by atoms with Crippen LogP contribution < -0.4 is 14.8 Å². The van der Waals surface area contributed by atoms with Gasteiger partial charge in [-0.05, 0) is 86.3 Å². The van der Waals surface area contributed by atoms with E-state index in [4.69, 9.17) is 4.74 Å². The molecule has 2 aromatic carbocycles. The van der Waals surface area contributed by atoms with Gasteiger partial charge in [-0.1, -0.05) is 13.0 Å². The standard InChI is InChI=1S/C24H30FN3O4S/c1-16-22-14-17-4-7-19(32-3)15-21(17)24(16,11-13-28(22)2)10-12-26-23(29)27-33(30,31)20-8-5-18(25)6-9-20/h4-9,15-16,22H,10-14H2,1-3H3,(H2,26,27,29)/t16-,22+,24+/m0/s1. The Kier molecular flexibility index (Phi) is 6.37. The molecule has 3 atom stereocenters. The highest BCUT2D eigenvalue weighted by atomic mass is 32.2. The number of sulfonamides is 1. The maximum atomic E-state index is 13.1. The van der Waals surface area contributed by atoms with Crippen molar-refractivity contribution in [3.05, 3.63) is 59.4 Å². The number of rotatable bonds is 6. The van der Waals surface area contributed by atoms with Crippen LogP contribution in [0.15, 0.2) is 47.4 Å². The van der Waals surface area contributed by atoms with Crippen molar-refractivity contribution in [2.24, 2.45) is 5.92 Å². The number of likely N-dealkylation sites (tertiary alicyclic amines) is 1. The summed E-state index contributed by atoms with van der Waals surface area (Å²) in [5.41, 5.74) is 2.43. The van der Waals surface area contributed by atoms with E-state index in [9.17, 15) is 17.6 Å². The number of carbonyl (C=O) groups is 1. The first-order chi connectivity index (χ1) is 15.7. The van der Waals surface area contributed by atoms with Crippen molar-refractivity contribution in [2.75, 3.05) is 27.2 Å². The quantitative estimate of drug-likeness (QED) is 0.671. The molecule has 1 aliphatic heterocycles. The number of urea groups is 1. The van der Waals surface area contributed by atoms with Crippen LogP contribution in [0.5, 0.6) is 5.75 Å². The molecule has 2 N–H and O–H groups in total. The highest BCUT2D eigenvalue weighted by molar-refractivity contribution is 7.90. The van der Waals surface area contributed by atoms with Crippen LogP contribution in [0, 0.1) is 11.7 Å². The van der Waals surface area contributed by atoms with Crippen molar-refractivity contribution in [2.45, 2.75) is 42.5 Å². The molecule has 2 aromatic rings. The number of amides is 2. The zero-order valence-corrected chi connectivity index (χ0v) is 19.9. The maximum Gasteiger partial charge on any atom is 0.328 e. The number of hydrogen-bond acceptors (Lipinski definition) is 5. The number of likely N-dealkylation sites (N-methyl/N-ethyl adjacent to an activating group) is 1. The predicted octanol–water partition coefficient (Wildman–Crippen LogP) is 3.05. The van der Waals surface area contributed by atoms with Crippen molar-refractivity contribution in [1.29, 1.82) is 0 Å². The van der Waals surface area contributed by atoms with E-state index >= 15 is 0 Å². The first-order valence-corrected chi connectivity index (χ1v) is 12.6. The lowest BCUT2D eigenvalue weighted by Crippen LogP contribution is -2.58. The molecule has 1 saturated heterocycles. The molecule has 0 spiro atoms. The summed E-state index contributed by atoms with van der Waals surface area (Å²) in [7, 11) is -0.261. The lowest BCUT2D eigenvalue weighted by Gasteiger charge is -2.55. The van der Waals surface area contributed by atoms with Crippen LogP contribution in [0.4, 0.5) is 9.18 Å². The lowest BCUT2D eigenvalue weighted by molar-refractivity contribution is 0.0363. The van der Waals surface area contributed by atoms with Crippen molar-refractivity contribution >= 4 is 16.1 Å². The molecule has 0 radical (unpaired) electrons. The van der Waals surface area contributed by atoms with Gasteiger partial charge in [-0.3, -0.25) is 0 Å². The monoisotopic (exact) mass is 475 g/mol. The summed E-state index contributed by atoms with van der Waals surface area (Å²) in [6, 6.07) is 10.2. The van der Waals surface area contributed by atoms with Gasteiger partial charge in [0.15, 0.2) is 0 Å². The smallest absolute Gasteiger partial charge is 0.328 e. The van der Waals surface area contributed by atoms with Crippen LogP contribution in [0.3, 0.4) is 0 Å². The second-order valence-corrected chi connectivity index (χ2v) is 10.7. The molecule has 1 heterocycles. The maximum absolute atomic E-state index is 13.1. The zero-order chi connectivity index (χ0) is 23.8. The Morgan fingerprint density at radius 2 is 1.97 bits per heavy atom. The fraction of sp³-hybridized carbons (Fsp3) is 0.458. The summed E-state index contributed by atoms with van der Waals surface area (Å²) < 4.78 is 45.4. The average Bonchev–Trinajstić information content (AvgIpc) is 2.77. The summed E-state index contributed by atoms with van der Waals surface area (Å²) in [6.07, 6.45) is 2.60. The van der Waals surface area contributed by atoms with Crippen molar-refractivity contribution < 1.29 is 22.3 Å². The minimum Gasteiger partial charge on any atom is -0.497 e. The van der Waals surface area contributed by atoms with E-state index in [1.165, 1.54) is 11.1 Å². The van der Waals surface area contributed by atoms with Gasteiger partial charge in [-0.15, -0.1) is 0 Å². The van der Waals surface area contributed by atoms with Gasteiger partial charge in [0.25, 0.3) is 10.0 Å². The summed E-state index contributed by atoms with van der Waals surface area (Å²) in [6.45, 7) is 3.54. The molecular weight excluding hydrogens is 445 g/mol. The Labute approximate surface area is 194 Å². The van der Waals surface area contributed by atoms with E-state index in [-0.39, 0.29) is 10.3 Å². The third-order valence-corrected chi connectivity index (χ3v) is 8.76. The van der Waals surface area contributed by atoms with Crippen molar-refractivity contribution in [3.8, 4) is 5.75 Å². The van der Waals surface area contributed by atoms with Gasteiger partial charge in [0, 0.05) is 18.0 Å². The SMILES string of the molecule is COc1ccc2c(c1)[C@]1(CCNC(=O)NS(=O)(=O)c3ccc(F)cc3)CCN(C)[C@H](C2)[C@@H]1C. The summed E-state index contributed by atoms with van der Waals surface area (Å²) in [5.74, 6) is 0.630. The minimum absolute atomic E-state index is 0.136. The van der Waals surface area contributed by atoms with E-state index < -0.39 is 21.9 Å². The van der Waals surface area contributed by atoms with Gasteiger partial charge in [-0.2, -0.15) is 0 Å². The van der Waals surface area contributed by atoms with Gasteiger partial charge in [0.2, 0.25) is 0 Å². The van der Waals surface area contributed by atoms with E-state index in [0.717, 1.165) is 49.4 Å². The topological polar surface area (TPSA) is 87.7 Å². The van der Waals surface area contributed by atoms with Crippen LogP contribution in [0.2, 0.25) is 0 Å². The number of nitrogens with one attached hydrogen (secondary N) is 2. The van der Waals surface area contributed by atoms with E-state index in [2.05, 4.69) is 36.3 Å². The van der Waals surface area contributed by atoms with Crippen LogP contribution >= 0.6 is 0 Å². The number of methoxy groups -OCH3 is 1. The van der Waals surface area contributed by atoms with Gasteiger partial charge >= 0.3 is 6.03 Å². The number of ether oxygens (including phenoxy) is 1. The number of halogens is 1. The molecule has 178 valence electrons. The second-order valence-electron chi connectivity index (χ2n) is 9.04. The molecule has 1 aliphatic carbocycles. The first-order valence-electron chi connectivity index (χ1n) is 11.1. The molecule has 7 nitrogen and oxygen atoms in total. The number of hydrogen-bond donors (Lipinski definition) is 2. The van der Waals surface area contributed by atoms with Crippen LogP contribution in [0.25, 0.3) is 0 Å². The molecule has 4 rings (SSSR count). The summed E-state index contributed by atoms with van der Waals surface area (Å²) in [5, 5.41) is 2.71. The summed E-state index contributed by atoms with van der Waals surface area (Å²) >= 11 is 0. The molecule has 0 saturated carbocycles. The third-order valence-electron chi connectivity index (χ3n) is 7.42. The van der Waals surface area contributed by atoms with Gasteiger partial charge in [0.05, 0.1) is 12.0 Å². The van der Waals surface area contributed by atoms with Crippen molar-refractivity contribution in [1.82, 2.24) is 14.9 Å². The first kappa shape index (κ1) is 23.5. The Morgan fingerprint density at radius 3 is 2.67 bits per heavy atom. The molecule has 2 amide bonds. The fourth-order valence-electron chi connectivity index (χ4n) is 5.50. The predicted molar refractivity (Wildman–Crippen MR) is 123 cm³/mol. The molecule has 33 heavy (non-hydrogen) atoms. The lowest BCUT2D eigenvalue weighted by atomic mass is 9.56. The third kappa shape index (κ3) is 4.44. The highest BCUT2D eigenvalue weighted by Crippen LogP contribution is 2.51. The van der Waals surface area contributed by atoms with Crippen molar-refractivity contribution in [3.63, 3.8) is 0 Å². The summed E-state index contributed by atoms with van der Waals surface area (Å²) in [4.78, 5) is 14.6. The molecule has 0 aromatic heterocycles. The van der Waals surface area contributed by atoms with Crippen LogP contribution in [0.1, 0.15) is 30.9 Å². The van der Waals surface area contributed by atoms with Gasteiger partial charge < -0.3 is 15.0 Å². The molecular formula is C24H30FN3O4S. The zero-order valence-electron chi connectivity index (χ0n) is 19.1. The van der Waals surface area contributed by atoms with Crippen LogP contribution in [-0.2, 0) is 21.9 Å². The Hall–Kier alpha value is -2.65. The van der Waals surface area contributed by atoms with E-state index in [1.54, 1.807) is 7.11 Å². The molecule has 2 aliphatic rings. The highest BCUT2D eigenvalue weighted by Gasteiger charge is 2.50. The number of carbonyl (C=O) groups excluding carboxylic acids is 1. The number of nitrogens with zero attached hydrogens (tertiary/aromatic N) is 1. The number of benzene rings is 2. The minimum atomic E-state index is -4.08. The second kappa shape index (κ2) is 8.95. The fourth-order valence-corrected chi connectivity index (χ4v) is 6.43. The van der Waals surface area contributed by atoms with E-state index in [0.29, 0.717) is 24.9 Å². The Balaban J connectivity index is 1.49. The average molecular weight is 476 g/mol. The Bertz CT molecular complexity index is 1140. The van der Waals surface area contributed by atoms with Gasteiger partial charge in [0.1, 0.15) is 11.6 Å². The largest absolute Gasteiger partial charge is 0.497 e. The number of piperidine rings is 1. The molecule has 2 bridgehead atoms. The van der Waals surface area contributed by atoms with Gasteiger partial charge in [-0.25, -0.2) is 22.3 Å². The molecule has 9 heteroatoms. The normalized spacial score (nSPS) is 24.6. The number of fused-ring (bicyclic) bond motifs is 4. The Morgan fingerprint density at radius 1 is 1.24 bits per heavy atom. The van der Waals surface area contributed by atoms with E-state index in [1.807, 2.05) is 10.8 Å². The van der Waals surface area contributed by atoms with Crippen LogP contribution in [-0.4, -0.2) is 52.6 Å².